The predicted octanol–water partition coefficient (Wildman–Crippen LogP) is 2.68. The van der Waals surface area contributed by atoms with Crippen molar-refractivity contribution < 1.29 is 4.42 Å². The van der Waals surface area contributed by atoms with Crippen molar-refractivity contribution in [3.05, 3.63) is 47.6 Å². The minimum absolute atomic E-state index is 0.296. The number of nitrogens with one attached hydrogen (secondary N) is 1. The SMILES string of the molecule is N#Cc1cnc(NCc2csc(-c3ccco3)n2)cn1. The zero-order valence-corrected chi connectivity index (χ0v) is 11.1. The Hall–Kier alpha value is -2.72. The molecule has 0 bridgehead atoms. The summed E-state index contributed by atoms with van der Waals surface area (Å²) in [5.41, 5.74) is 1.19. The summed E-state index contributed by atoms with van der Waals surface area (Å²) in [6.45, 7) is 0.539. The van der Waals surface area contributed by atoms with Crippen LogP contribution in [0.25, 0.3) is 10.8 Å². The number of anilines is 1. The van der Waals surface area contributed by atoms with Gasteiger partial charge in [0, 0.05) is 5.38 Å². The summed E-state index contributed by atoms with van der Waals surface area (Å²) in [5, 5.41) is 14.5. The first kappa shape index (κ1) is 12.3. The summed E-state index contributed by atoms with van der Waals surface area (Å²) < 4.78 is 5.30. The molecule has 0 atom stereocenters. The molecule has 0 amide bonds. The smallest absolute Gasteiger partial charge is 0.162 e. The highest BCUT2D eigenvalue weighted by molar-refractivity contribution is 7.13. The van der Waals surface area contributed by atoms with Gasteiger partial charge in [-0.25, -0.2) is 15.0 Å². The maximum Gasteiger partial charge on any atom is 0.162 e. The fourth-order valence-electron chi connectivity index (χ4n) is 1.56. The molecular weight excluding hydrogens is 274 g/mol. The molecule has 3 aromatic heterocycles. The molecule has 0 aliphatic carbocycles. The number of furan rings is 1. The van der Waals surface area contributed by atoms with Gasteiger partial charge in [-0.3, -0.25) is 0 Å². The Morgan fingerprint density at radius 2 is 2.30 bits per heavy atom. The van der Waals surface area contributed by atoms with E-state index in [0.29, 0.717) is 18.1 Å². The highest BCUT2D eigenvalue weighted by atomic mass is 32.1. The second-order valence-corrected chi connectivity index (χ2v) is 4.73. The average Bonchev–Trinajstić information content (AvgIpc) is 3.16. The van der Waals surface area contributed by atoms with E-state index in [9.17, 15) is 0 Å². The van der Waals surface area contributed by atoms with Crippen LogP contribution in [-0.4, -0.2) is 15.0 Å². The van der Waals surface area contributed by atoms with Crippen LogP contribution < -0.4 is 5.32 Å². The molecule has 0 aliphatic heterocycles. The number of thiazole rings is 1. The lowest BCUT2D eigenvalue weighted by atomic mass is 10.4. The van der Waals surface area contributed by atoms with Gasteiger partial charge in [-0.15, -0.1) is 11.3 Å². The van der Waals surface area contributed by atoms with Crippen LogP contribution in [0.15, 0.2) is 40.6 Å². The maximum atomic E-state index is 8.64. The molecule has 0 saturated carbocycles. The van der Waals surface area contributed by atoms with Gasteiger partial charge in [0.2, 0.25) is 0 Å². The van der Waals surface area contributed by atoms with E-state index in [1.165, 1.54) is 23.7 Å². The molecule has 6 nitrogen and oxygen atoms in total. The van der Waals surface area contributed by atoms with Crippen molar-refractivity contribution in [1.82, 2.24) is 15.0 Å². The van der Waals surface area contributed by atoms with Crippen molar-refractivity contribution in [2.24, 2.45) is 0 Å². The van der Waals surface area contributed by atoms with Gasteiger partial charge in [0.1, 0.15) is 11.9 Å². The number of nitrogens with zero attached hydrogens (tertiary/aromatic N) is 4. The molecule has 0 saturated heterocycles. The lowest BCUT2D eigenvalue weighted by molar-refractivity contribution is 0.581. The Morgan fingerprint density at radius 3 is 3.00 bits per heavy atom. The van der Waals surface area contributed by atoms with Gasteiger partial charge in [0.15, 0.2) is 16.5 Å². The van der Waals surface area contributed by atoms with Gasteiger partial charge in [-0.1, -0.05) is 0 Å². The van der Waals surface area contributed by atoms with E-state index in [4.69, 9.17) is 9.68 Å². The average molecular weight is 283 g/mol. The first-order valence-electron chi connectivity index (χ1n) is 5.79. The van der Waals surface area contributed by atoms with Gasteiger partial charge in [0.25, 0.3) is 0 Å². The van der Waals surface area contributed by atoms with Crippen LogP contribution >= 0.6 is 11.3 Å². The molecule has 7 heteroatoms. The first-order valence-corrected chi connectivity index (χ1v) is 6.67. The van der Waals surface area contributed by atoms with Gasteiger partial charge in [-0.05, 0) is 12.1 Å². The molecule has 3 heterocycles. The van der Waals surface area contributed by atoms with Gasteiger partial charge in [-0.2, -0.15) is 5.26 Å². The minimum Gasteiger partial charge on any atom is -0.462 e. The Labute approximate surface area is 118 Å². The fourth-order valence-corrected chi connectivity index (χ4v) is 2.35. The Balaban J connectivity index is 1.65. The topological polar surface area (TPSA) is 87.6 Å². The van der Waals surface area contributed by atoms with E-state index in [1.807, 2.05) is 23.6 Å². The van der Waals surface area contributed by atoms with Crippen LogP contribution in [0.4, 0.5) is 5.82 Å². The van der Waals surface area contributed by atoms with E-state index < -0.39 is 0 Å². The first-order chi connectivity index (χ1) is 9.85. The molecule has 3 rings (SSSR count). The molecule has 0 spiro atoms. The van der Waals surface area contributed by atoms with Crippen LogP contribution in [0, 0.1) is 11.3 Å². The number of nitriles is 1. The largest absolute Gasteiger partial charge is 0.462 e. The second kappa shape index (κ2) is 5.50. The van der Waals surface area contributed by atoms with E-state index in [2.05, 4.69) is 20.3 Å². The van der Waals surface area contributed by atoms with Gasteiger partial charge in [0.05, 0.1) is 30.9 Å². The standard InChI is InChI=1S/C13H9N5OS/c14-4-9-5-16-12(7-15-9)17-6-10-8-20-13(18-10)11-2-1-3-19-11/h1-3,5,7-8H,6H2,(H,16,17). The third-order valence-electron chi connectivity index (χ3n) is 2.50. The monoisotopic (exact) mass is 283 g/mol. The summed E-state index contributed by atoms with van der Waals surface area (Å²) in [4.78, 5) is 12.5. The minimum atomic E-state index is 0.296. The van der Waals surface area contributed by atoms with Crippen LogP contribution in [0.2, 0.25) is 0 Å². The molecule has 0 aromatic carbocycles. The third kappa shape index (κ3) is 2.65. The molecule has 98 valence electrons. The van der Waals surface area contributed by atoms with Crippen molar-refractivity contribution >= 4 is 17.2 Å². The zero-order chi connectivity index (χ0) is 13.8. The lowest BCUT2D eigenvalue weighted by Crippen LogP contribution is -2.02. The number of aromatic nitrogens is 3. The van der Waals surface area contributed by atoms with E-state index >= 15 is 0 Å². The molecule has 0 radical (unpaired) electrons. The normalized spacial score (nSPS) is 10.2. The van der Waals surface area contributed by atoms with Gasteiger partial charge < -0.3 is 9.73 Å². The van der Waals surface area contributed by atoms with Crippen molar-refractivity contribution in [1.29, 1.82) is 5.26 Å². The van der Waals surface area contributed by atoms with E-state index in [0.717, 1.165) is 16.5 Å². The quantitative estimate of drug-likeness (QED) is 0.792. The lowest BCUT2D eigenvalue weighted by Gasteiger charge is -2.01. The van der Waals surface area contributed by atoms with Crippen LogP contribution in [0.1, 0.15) is 11.4 Å². The van der Waals surface area contributed by atoms with E-state index in [-0.39, 0.29) is 0 Å². The summed E-state index contributed by atoms with van der Waals surface area (Å²) in [6.07, 6.45) is 4.58. The molecule has 0 aliphatic rings. The van der Waals surface area contributed by atoms with Crippen molar-refractivity contribution in [2.45, 2.75) is 6.54 Å². The molecule has 0 unspecified atom stereocenters. The Kier molecular flexibility index (Phi) is 3.39. The summed E-state index contributed by atoms with van der Waals surface area (Å²) in [5.74, 6) is 1.37. The summed E-state index contributed by atoms with van der Waals surface area (Å²) in [6, 6.07) is 5.64. The van der Waals surface area contributed by atoms with Crippen molar-refractivity contribution in [3.8, 4) is 16.8 Å². The van der Waals surface area contributed by atoms with Crippen LogP contribution in [-0.2, 0) is 6.54 Å². The third-order valence-corrected chi connectivity index (χ3v) is 3.41. The molecule has 20 heavy (non-hydrogen) atoms. The molecule has 0 fully saturated rings. The predicted molar refractivity (Wildman–Crippen MR) is 73.9 cm³/mol. The van der Waals surface area contributed by atoms with Crippen LogP contribution in [0.5, 0.6) is 0 Å². The van der Waals surface area contributed by atoms with E-state index in [1.54, 1.807) is 6.26 Å². The summed E-state index contributed by atoms with van der Waals surface area (Å²) in [7, 11) is 0. The molecule has 3 aromatic rings. The fraction of sp³-hybridized carbons (Fsp3) is 0.0769. The highest BCUT2D eigenvalue weighted by Gasteiger charge is 2.07. The Morgan fingerprint density at radius 1 is 1.35 bits per heavy atom. The molecular formula is C13H9N5OS. The highest BCUT2D eigenvalue weighted by Crippen LogP contribution is 2.24. The second-order valence-electron chi connectivity index (χ2n) is 3.87. The summed E-state index contributed by atoms with van der Waals surface area (Å²) >= 11 is 1.52. The number of hydrogen-bond acceptors (Lipinski definition) is 7. The number of rotatable bonds is 4. The Bertz CT molecular complexity index is 727. The zero-order valence-electron chi connectivity index (χ0n) is 10.3. The van der Waals surface area contributed by atoms with Gasteiger partial charge >= 0.3 is 0 Å². The van der Waals surface area contributed by atoms with Crippen molar-refractivity contribution in [2.75, 3.05) is 5.32 Å². The van der Waals surface area contributed by atoms with Crippen molar-refractivity contribution in [3.63, 3.8) is 0 Å². The molecule has 1 N–H and O–H groups in total. The maximum absolute atomic E-state index is 8.64. The number of hydrogen-bond donors (Lipinski definition) is 1. The van der Waals surface area contributed by atoms with Crippen LogP contribution in [0.3, 0.4) is 0 Å².